The number of nitrogens with one attached hydrogen (secondary N) is 1. The third-order valence-electron chi connectivity index (χ3n) is 2.52. The van der Waals surface area contributed by atoms with Gasteiger partial charge in [-0.05, 0) is 37.3 Å². The number of aryl methyl sites for hydroxylation is 1. The molecular formula is C13H14N2O3. The summed E-state index contributed by atoms with van der Waals surface area (Å²) in [4.78, 5) is 11.1. The molecule has 2 rings (SSSR count). The first-order valence-corrected chi connectivity index (χ1v) is 5.48. The summed E-state index contributed by atoms with van der Waals surface area (Å²) in [5.41, 5.74) is 6.66. The van der Waals surface area contributed by atoms with Crippen LogP contribution < -0.4 is 11.1 Å². The van der Waals surface area contributed by atoms with E-state index in [1.165, 1.54) is 6.07 Å². The van der Waals surface area contributed by atoms with Crippen LogP contribution in [0.5, 0.6) is 0 Å². The number of furan rings is 1. The van der Waals surface area contributed by atoms with Gasteiger partial charge in [0.25, 0.3) is 0 Å². The van der Waals surface area contributed by atoms with Gasteiger partial charge in [0, 0.05) is 11.4 Å². The lowest BCUT2D eigenvalue weighted by atomic mass is 10.1. The molecule has 0 aliphatic rings. The Morgan fingerprint density at radius 1 is 1.39 bits per heavy atom. The first kappa shape index (κ1) is 12.0. The molecule has 1 aromatic heterocycles. The summed E-state index contributed by atoms with van der Waals surface area (Å²) in [5.74, 6) is 0.559. The van der Waals surface area contributed by atoms with Crippen LogP contribution in [0.1, 0.15) is 21.9 Å². The Kier molecular flexibility index (Phi) is 3.23. The lowest BCUT2D eigenvalue weighted by Crippen LogP contribution is -2.06. The van der Waals surface area contributed by atoms with Gasteiger partial charge in [-0.2, -0.15) is 0 Å². The van der Waals surface area contributed by atoms with E-state index in [1.807, 2.05) is 19.1 Å². The zero-order chi connectivity index (χ0) is 13.1. The number of rotatable bonds is 4. The molecule has 94 valence electrons. The second kappa shape index (κ2) is 4.83. The number of hydrogen-bond acceptors (Lipinski definition) is 4. The van der Waals surface area contributed by atoms with E-state index in [2.05, 4.69) is 5.32 Å². The Morgan fingerprint density at radius 3 is 2.78 bits per heavy atom. The van der Waals surface area contributed by atoms with Gasteiger partial charge in [0.05, 0.1) is 12.1 Å². The van der Waals surface area contributed by atoms with Crippen molar-refractivity contribution in [1.29, 1.82) is 0 Å². The number of nitrogens with two attached hydrogens (primary N) is 1. The van der Waals surface area contributed by atoms with Crippen LogP contribution in [-0.4, -0.2) is 11.1 Å². The standard InChI is InChI=1S/C13H14N2O3/c1-8-2-4-10(18-8)7-15-12-5-3-9(14)6-11(12)13(16)17/h2-6,15H,7,14H2,1H3,(H,16,17). The topological polar surface area (TPSA) is 88.5 Å². The lowest BCUT2D eigenvalue weighted by Gasteiger charge is -2.08. The van der Waals surface area contributed by atoms with Crippen LogP contribution >= 0.6 is 0 Å². The summed E-state index contributed by atoms with van der Waals surface area (Å²) in [6.07, 6.45) is 0. The first-order chi connectivity index (χ1) is 8.56. The fraction of sp³-hybridized carbons (Fsp3) is 0.154. The Bertz CT molecular complexity index is 575. The van der Waals surface area contributed by atoms with Crippen molar-refractivity contribution < 1.29 is 14.3 Å². The summed E-state index contributed by atoms with van der Waals surface area (Å²) in [6.45, 7) is 2.29. The van der Waals surface area contributed by atoms with Crippen molar-refractivity contribution in [2.45, 2.75) is 13.5 Å². The number of carboxylic acid groups (broad SMARTS) is 1. The van der Waals surface area contributed by atoms with Crippen LogP contribution in [0.25, 0.3) is 0 Å². The van der Waals surface area contributed by atoms with Crippen molar-refractivity contribution in [3.05, 3.63) is 47.4 Å². The minimum Gasteiger partial charge on any atom is -0.478 e. The second-order valence-corrected chi connectivity index (χ2v) is 3.98. The molecule has 0 saturated carbocycles. The first-order valence-electron chi connectivity index (χ1n) is 5.48. The van der Waals surface area contributed by atoms with Gasteiger partial charge < -0.3 is 20.6 Å². The fourth-order valence-corrected chi connectivity index (χ4v) is 1.66. The maximum absolute atomic E-state index is 11.1. The van der Waals surface area contributed by atoms with E-state index in [0.29, 0.717) is 17.9 Å². The number of carbonyl (C=O) groups is 1. The van der Waals surface area contributed by atoms with Gasteiger partial charge in [0.1, 0.15) is 11.5 Å². The number of aromatic carboxylic acids is 1. The fourth-order valence-electron chi connectivity index (χ4n) is 1.66. The van der Waals surface area contributed by atoms with Crippen LogP contribution in [0.4, 0.5) is 11.4 Å². The Balaban J connectivity index is 2.16. The molecule has 1 aromatic carbocycles. The van der Waals surface area contributed by atoms with E-state index < -0.39 is 5.97 Å². The molecule has 4 N–H and O–H groups in total. The average Bonchev–Trinajstić information content (AvgIpc) is 2.73. The van der Waals surface area contributed by atoms with Crippen molar-refractivity contribution in [1.82, 2.24) is 0 Å². The molecule has 5 heteroatoms. The molecule has 0 fully saturated rings. The smallest absolute Gasteiger partial charge is 0.337 e. The van der Waals surface area contributed by atoms with Crippen molar-refractivity contribution in [2.24, 2.45) is 0 Å². The Labute approximate surface area is 104 Å². The highest BCUT2D eigenvalue weighted by atomic mass is 16.4. The predicted molar refractivity (Wildman–Crippen MR) is 68.6 cm³/mol. The zero-order valence-corrected chi connectivity index (χ0v) is 9.93. The third kappa shape index (κ3) is 2.63. The van der Waals surface area contributed by atoms with Crippen LogP contribution in [0, 0.1) is 6.92 Å². The van der Waals surface area contributed by atoms with Gasteiger partial charge in [-0.3, -0.25) is 0 Å². The highest BCUT2D eigenvalue weighted by Crippen LogP contribution is 2.20. The molecule has 0 aliphatic heterocycles. The SMILES string of the molecule is Cc1ccc(CNc2ccc(N)cc2C(=O)O)o1. The quantitative estimate of drug-likeness (QED) is 0.721. The number of anilines is 2. The molecule has 0 saturated heterocycles. The van der Waals surface area contributed by atoms with Gasteiger partial charge in [0.15, 0.2) is 0 Å². The highest BCUT2D eigenvalue weighted by Gasteiger charge is 2.10. The third-order valence-corrected chi connectivity index (χ3v) is 2.52. The molecule has 5 nitrogen and oxygen atoms in total. The number of carboxylic acids is 1. The maximum atomic E-state index is 11.1. The Morgan fingerprint density at radius 2 is 2.17 bits per heavy atom. The molecule has 18 heavy (non-hydrogen) atoms. The normalized spacial score (nSPS) is 10.3. The van der Waals surface area contributed by atoms with Gasteiger partial charge in [-0.25, -0.2) is 4.79 Å². The van der Waals surface area contributed by atoms with Gasteiger partial charge in [-0.1, -0.05) is 0 Å². The maximum Gasteiger partial charge on any atom is 0.337 e. The van der Waals surface area contributed by atoms with Gasteiger partial charge in [0.2, 0.25) is 0 Å². The van der Waals surface area contributed by atoms with E-state index in [0.717, 1.165) is 11.5 Å². The lowest BCUT2D eigenvalue weighted by molar-refractivity contribution is 0.0698. The Hall–Kier alpha value is -2.43. The summed E-state index contributed by atoms with van der Waals surface area (Å²) in [6, 6.07) is 8.44. The molecule has 0 radical (unpaired) electrons. The molecule has 0 bridgehead atoms. The van der Waals surface area contributed by atoms with E-state index >= 15 is 0 Å². The summed E-state index contributed by atoms with van der Waals surface area (Å²) in [7, 11) is 0. The number of hydrogen-bond donors (Lipinski definition) is 3. The number of benzene rings is 1. The average molecular weight is 246 g/mol. The second-order valence-electron chi connectivity index (χ2n) is 3.98. The minimum absolute atomic E-state index is 0.151. The largest absolute Gasteiger partial charge is 0.478 e. The molecule has 0 unspecified atom stereocenters. The molecule has 2 aromatic rings. The van der Waals surface area contributed by atoms with E-state index in [9.17, 15) is 4.79 Å². The van der Waals surface area contributed by atoms with Crippen LogP contribution in [0.2, 0.25) is 0 Å². The van der Waals surface area contributed by atoms with E-state index in [4.69, 9.17) is 15.3 Å². The summed E-state index contributed by atoms with van der Waals surface area (Å²) < 4.78 is 5.39. The van der Waals surface area contributed by atoms with Crippen LogP contribution in [0.15, 0.2) is 34.7 Å². The van der Waals surface area contributed by atoms with Crippen molar-refractivity contribution >= 4 is 17.3 Å². The molecule has 0 atom stereocenters. The monoisotopic (exact) mass is 246 g/mol. The van der Waals surface area contributed by atoms with E-state index in [-0.39, 0.29) is 5.56 Å². The highest BCUT2D eigenvalue weighted by molar-refractivity contribution is 5.95. The van der Waals surface area contributed by atoms with Crippen molar-refractivity contribution in [3.63, 3.8) is 0 Å². The van der Waals surface area contributed by atoms with Gasteiger partial charge in [-0.15, -0.1) is 0 Å². The minimum atomic E-state index is -1.01. The number of nitrogen functional groups attached to an aromatic ring is 1. The predicted octanol–water partition coefficient (Wildman–Crippen LogP) is 2.48. The van der Waals surface area contributed by atoms with Crippen molar-refractivity contribution in [2.75, 3.05) is 11.1 Å². The molecule has 0 amide bonds. The summed E-state index contributed by atoms with van der Waals surface area (Å²) >= 11 is 0. The van der Waals surface area contributed by atoms with Crippen molar-refractivity contribution in [3.8, 4) is 0 Å². The van der Waals surface area contributed by atoms with Gasteiger partial charge >= 0.3 is 5.97 Å². The molecule has 0 spiro atoms. The molecule has 1 heterocycles. The summed E-state index contributed by atoms with van der Waals surface area (Å²) in [5, 5.41) is 12.1. The zero-order valence-electron chi connectivity index (χ0n) is 9.93. The molecular weight excluding hydrogens is 232 g/mol. The molecule has 0 aliphatic carbocycles. The van der Waals surface area contributed by atoms with Crippen LogP contribution in [0.3, 0.4) is 0 Å². The van der Waals surface area contributed by atoms with E-state index in [1.54, 1.807) is 12.1 Å². The van der Waals surface area contributed by atoms with Crippen LogP contribution in [-0.2, 0) is 6.54 Å².